The van der Waals surface area contributed by atoms with Crippen molar-refractivity contribution < 1.29 is 4.79 Å². The summed E-state index contributed by atoms with van der Waals surface area (Å²) in [7, 11) is 2.11. The van der Waals surface area contributed by atoms with Crippen molar-refractivity contribution in [3.63, 3.8) is 0 Å². The van der Waals surface area contributed by atoms with Crippen molar-refractivity contribution in [2.75, 3.05) is 44.3 Å². The van der Waals surface area contributed by atoms with Crippen molar-refractivity contribution in [2.45, 2.75) is 6.92 Å². The van der Waals surface area contributed by atoms with Crippen LogP contribution in [0.1, 0.15) is 5.56 Å². The van der Waals surface area contributed by atoms with E-state index in [9.17, 15) is 4.79 Å². The lowest BCUT2D eigenvalue weighted by molar-refractivity contribution is -0.113. The smallest absolute Gasteiger partial charge is 0.236 e. The highest BCUT2D eigenvalue weighted by atomic mass is 32.2. The number of aromatic nitrogens is 1. The van der Waals surface area contributed by atoms with Crippen molar-refractivity contribution in [2.24, 2.45) is 0 Å². The number of hydrogen-bond acceptors (Lipinski definition) is 6. The summed E-state index contributed by atoms with van der Waals surface area (Å²) in [5.41, 5.74) is 3.15. The first-order valence-electron chi connectivity index (χ1n) is 8.44. The molecular weight excluding hydrogens is 384 g/mol. The lowest BCUT2D eigenvalue weighted by Gasteiger charge is -2.33. The van der Waals surface area contributed by atoms with Crippen molar-refractivity contribution in [3.8, 4) is 11.3 Å². The van der Waals surface area contributed by atoms with Crippen LogP contribution < -0.4 is 5.32 Å². The van der Waals surface area contributed by atoms with Crippen LogP contribution in [0.5, 0.6) is 0 Å². The van der Waals surface area contributed by atoms with Gasteiger partial charge >= 0.3 is 0 Å². The number of piperazine rings is 1. The molecule has 1 aromatic carbocycles. The van der Waals surface area contributed by atoms with Crippen LogP contribution >= 0.6 is 35.3 Å². The van der Waals surface area contributed by atoms with Crippen LogP contribution in [0.2, 0.25) is 0 Å². The van der Waals surface area contributed by atoms with Crippen LogP contribution in [0.4, 0.5) is 5.13 Å². The molecule has 1 aromatic heterocycles. The van der Waals surface area contributed by atoms with Crippen molar-refractivity contribution in [1.29, 1.82) is 0 Å². The molecule has 0 spiro atoms. The zero-order valence-electron chi connectivity index (χ0n) is 14.9. The molecule has 1 amide bonds. The largest absolute Gasteiger partial charge is 0.355 e. The second kappa shape index (κ2) is 8.94. The number of likely N-dealkylation sites (N-methyl/N-ethyl adjacent to an activating group) is 1. The second-order valence-electron chi connectivity index (χ2n) is 6.30. The van der Waals surface area contributed by atoms with E-state index < -0.39 is 0 Å². The first-order valence-corrected chi connectivity index (χ1v) is 10.7. The maximum atomic E-state index is 12.2. The van der Waals surface area contributed by atoms with Gasteiger partial charge in [-0.15, -0.1) is 11.3 Å². The van der Waals surface area contributed by atoms with Crippen molar-refractivity contribution in [3.05, 3.63) is 35.2 Å². The minimum atomic E-state index is -0.0729. The SMILES string of the molecule is Cc1ccc(-c2csc(NC(=O)CSC(=S)N3CCN(C)CC3)n2)cc1. The molecule has 1 fully saturated rings. The Morgan fingerprint density at radius 2 is 1.96 bits per heavy atom. The molecule has 1 N–H and O–H groups in total. The number of thiazole rings is 1. The quantitative estimate of drug-likeness (QED) is 0.786. The fourth-order valence-electron chi connectivity index (χ4n) is 2.55. The van der Waals surface area contributed by atoms with Gasteiger partial charge in [0, 0.05) is 37.1 Å². The number of thiocarbonyl (C=S) groups is 1. The van der Waals surface area contributed by atoms with Gasteiger partial charge in [-0.1, -0.05) is 53.8 Å². The zero-order valence-corrected chi connectivity index (χ0v) is 17.3. The molecule has 0 saturated carbocycles. The summed E-state index contributed by atoms with van der Waals surface area (Å²) in [4.78, 5) is 21.1. The summed E-state index contributed by atoms with van der Waals surface area (Å²) in [6, 6.07) is 8.20. The highest BCUT2D eigenvalue weighted by Gasteiger charge is 2.17. The molecule has 1 aliphatic heterocycles. The third kappa shape index (κ3) is 5.26. The molecule has 3 rings (SSSR count). The molecule has 2 heterocycles. The number of amides is 1. The Balaban J connectivity index is 1.48. The summed E-state index contributed by atoms with van der Waals surface area (Å²) >= 11 is 8.31. The van der Waals surface area contributed by atoms with E-state index in [-0.39, 0.29) is 5.91 Å². The van der Waals surface area contributed by atoms with Gasteiger partial charge < -0.3 is 15.1 Å². The van der Waals surface area contributed by atoms with Crippen LogP contribution in [0.3, 0.4) is 0 Å². The Labute approximate surface area is 167 Å². The van der Waals surface area contributed by atoms with E-state index in [0.29, 0.717) is 10.9 Å². The van der Waals surface area contributed by atoms with Crippen molar-refractivity contribution in [1.82, 2.24) is 14.8 Å². The Kier molecular flexibility index (Phi) is 6.63. The number of carbonyl (C=O) groups excluding carboxylic acids is 1. The van der Waals surface area contributed by atoms with E-state index in [1.165, 1.54) is 28.7 Å². The van der Waals surface area contributed by atoms with Crippen molar-refractivity contribution >= 4 is 50.7 Å². The van der Waals surface area contributed by atoms with Gasteiger partial charge in [0.05, 0.1) is 11.4 Å². The predicted molar refractivity (Wildman–Crippen MR) is 115 cm³/mol. The molecule has 0 aliphatic carbocycles. The topological polar surface area (TPSA) is 48.5 Å². The summed E-state index contributed by atoms with van der Waals surface area (Å²) in [6.45, 7) is 5.93. The fraction of sp³-hybridized carbons (Fsp3) is 0.389. The predicted octanol–water partition coefficient (Wildman–Crippen LogP) is 3.32. The molecular formula is C18H22N4OS3. The minimum absolute atomic E-state index is 0.0729. The van der Waals surface area contributed by atoms with Crippen LogP contribution in [0.25, 0.3) is 11.3 Å². The summed E-state index contributed by atoms with van der Waals surface area (Å²) < 4.78 is 0.799. The number of hydrogen-bond donors (Lipinski definition) is 1. The number of benzene rings is 1. The number of anilines is 1. The molecule has 2 aromatic rings. The Morgan fingerprint density at radius 1 is 1.27 bits per heavy atom. The van der Waals surface area contributed by atoms with E-state index in [1.807, 2.05) is 17.5 Å². The highest BCUT2D eigenvalue weighted by molar-refractivity contribution is 8.23. The van der Waals surface area contributed by atoms with E-state index in [0.717, 1.165) is 41.8 Å². The second-order valence-corrected chi connectivity index (χ2v) is 8.76. The first kappa shape index (κ1) is 19.3. The van der Waals surface area contributed by atoms with Crippen LogP contribution in [-0.4, -0.2) is 64.0 Å². The summed E-state index contributed by atoms with van der Waals surface area (Å²) in [5.74, 6) is 0.237. The number of thioether (sulfide) groups is 1. The van der Waals surface area contributed by atoms with Crippen LogP contribution in [0.15, 0.2) is 29.6 Å². The fourth-order valence-corrected chi connectivity index (χ4v) is 4.34. The van der Waals surface area contributed by atoms with Gasteiger partial charge in [-0.05, 0) is 14.0 Å². The molecule has 1 saturated heterocycles. The zero-order chi connectivity index (χ0) is 18.5. The number of rotatable bonds is 4. The molecule has 138 valence electrons. The molecule has 0 bridgehead atoms. The summed E-state index contributed by atoms with van der Waals surface area (Å²) in [6.07, 6.45) is 0. The average Bonchev–Trinajstić information content (AvgIpc) is 3.09. The number of carbonyl (C=O) groups is 1. The van der Waals surface area contributed by atoms with Gasteiger partial charge in [0.25, 0.3) is 0 Å². The molecule has 1 aliphatic rings. The lowest BCUT2D eigenvalue weighted by Crippen LogP contribution is -2.46. The third-order valence-electron chi connectivity index (χ3n) is 4.19. The highest BCUT2D eigenvalue weighted by Crippen LogP contribution is 2.25. The van der Waals surface area contributed by atoms with Gasteiger partial charge in [-0.3, -0.25) is 4.79 Å². The van der Waals surface area contributed by atoms with E-state index >= 15 is 0 Å². The standard InChI is InChI=1S/C18H22N4OS3/c1-13-3-5-14(6-4-13)15-11-25-17(19-15)20-16(23)12-26-18(24)22-9-7-21(2)8-10-22/h3-6,11H,7-10,12H2,1-2H3,(H,19,20,23). The maximum absolute atomic E-state index is 12.2. The van der Waals surface area contributed by atoms with E-state index in [2.05, 4.69) is 46.2 Å². The Morgan fingerprint density at radius 3 is 2.65 bits per heavy atom. The van der Waals surface area contributed by atoms with Crippen LogP contribution in [0, 0.1) is 6.92 Å². The maximum Gasteiger partial charge on any atom is 0.236 e. The number of aryl methyl sites for hydroxylation is 1. The lowest BCUT2D eigenvalue weighted by atomic mass is 10.1. The van der Waals surface area contributed by atoms with Gasteiger partial charge in [0.15, 0.2) is 5.13 Å². The average molecular weight is 407 g/mol. The number of nitrogens with zero attached hydrogens (tertiary/aromatic N) is 3. The van der Waals surface area contributed by atoms with Gasteiger partial charge in [-0.25, -0.2) is 4.98 Å². The number of nitrogens with one attached hydrogen (secondary N) is 1. The Hall–Kier alpha value is -1.48. The Bertz CT molecular complexity index is 767. The first-order chi connectivity index (χ1) is 12.5. The molecule has 0 unspecified atom stereocenters. The van der Waals surface area contributed by atoms with Gasteiger partial charge in [0.2, 0.25) is 5.91 Å². The van der Waals surface area contributed by atoms with Crippen LogP contribution in [-0.2, 0) is 4.79 Å². The molecule has 0 atom stereocenters. The molecule has 26 heavy (non-hydrogen) atoms. The molecule has 5 nitrogen and oxygen atoms in total. The van der Waals surface area contributed by atoms with Gasteiger partial charge in [0.1, 0.15) is 4.32 Å². The summed E-state index contributed by atoms with van der Waals surface area (Å²) in [5, 5.41) is 5.45. The van der Waals surface area contributed by atoms with E-state index in [1.54, 1.807) is 0 Å². The molecule has 0 radical (unpaired) electrons. The van der Waals surface area contributed by atoms with Gasteiger partial charge in [-0.2, -0.15) is 0 Å². The molecule has 8 heteroatoms. The third-order valence-corrected chi connectivity index (χ3v) is 6.47. The monoisotopic (exact) mass is 406 g/mol. The minimum Gasteiger partial charge on any atom is -0.355 e. The normalized spacial score (nSPS) is 15.1. The van der Waals surface area contributed by atoms with E-state index in [4.69, 9.17) is 12.2 Å².